The lowest BCUT2D eigenvalue weighted by Crippen LogP contribution is -2.24. The van der Waals surface area contributed by atoms with Gasteiger partial charge in [-0.15, -0.1) is 22.7 Å². The third-order valence-electron chi connectivity index (χ3n) is 3.28. The summed E-state index contributed by atoms with van der Waals surface area (Å²) in [5.41, 5.74) is 2.07. The van der Waals surface area contributed by atoms with Gasteiger partial charge in [-0.05, 0) is 35.7 Å². The van der Waals surface area contributed by atoms with Crippen molar-refractivity contribution in [3.05, 3.63) is 52.9 Å². The van der Waals surface area contributed by atoms with Crippen molar-refractivity contribution in [2.45, 2.75) is 6.42 Å². The molecule has 2 heterocycles. The number of carbonyl (C=O) groups excluding carboxylic acids is 2. The molecule has 3 rings (SSSR count). The molecule has 0 aliphatic carbocycles. The van der Waals surface area contributed by atoms with Crippen molar-refractivity contribution in [3.8, 4) is 9.88 Å². The van der Waals surface area contributed by atoms with Gasteiger partial charge in [0.25, 0.3) is 0 Å². The van der Waals surface area contributed by atoms with Crippen LogP contribution >= 0.6 is 22.7 Å². The molecule has 128 valence electrons. The predicted molar refractivity (Wildman–Crippen MR) is 102 cm³/mol. The molecule has 0 saturated heterocycles. The van der Waals surface area contributed by atoms with E-state index in [0.717, 1.165) is 15.6 Å². The molecule has 0 fully saturated rings. The van der Waals surface area contributed by atoms with Gasteiger partial charge in [0, 0.05) is 23.8 Å². The number of aromatic nitrogens is 1. The SMILES string of the molecule is CNC(=O)Nc1ccc(NC(=O)Cc2csc(-c3cccs3)n2)cc1. The fourth-order valence-corrected chi connectivity index (χ4v) is 3.74. The number of nitrogens with one attached hydrogen (secondary N) is 3. The first-order chi connectivity index (χ1) is 12.1. The van der Waals surface area contributed by atoms with Gasteiger partial charge in [-0.3, -0.25) is 4.79 Å². The van der Waals surface area contributed by atoms with Gasteiger partial charge >= 0.3 is 6.03 Å². The maximum Gasteiger partial charge on any atom is 0.318 e. The summed E-state index contributed by atoms with van der Waals surface area (Å²) >= 11 is 3.17. The van der Waals surface area contributed by atoms with Crippen LogP contribution in [0.25, 0.3) is 9.88 Å². The van der Waals surface area contributed by atoms with Crippen LogP contribution in [-0.4, -0.2) is 24.0 Å². The normalized spacial score (nSPS) is 10.3. The molecular formula is C17H16N4O2S2. The maximum absolute atomic E-state index is 12.2. The third kappa shape index (κ3) is 4.65. The Bertz CT molecular complexity index is 857. The van der Waals surface area contributed by atoms with Crippen LogP contribution < -0.4 is 16.0 Å². The molecule has 1 aromatic carbocycles. The van der Waals surface area contributed by atoms with E-state index in [0.29, 0.717) is 11.4 Å². The van der Waals surface area contributed by atoms with Gasteiger partial charge in [0.1, 0.15) is 5.01 Å². The van der Waals surface area contributed by atoms with Crippen molar-refractivity contribution in [2.75, 3.05) is 17.7 Å². The number of thiazole rings is 1. The van der Waals surface area contributed by atoms with Crippen molar-refractivity contribution in [1.82, 2.24) is 10.3 Å². The van der Waals surface area contributed by atoms with E-state index in [9.17, 15) is 9.59 Å². The number of hydrogen-bond acceptors (Lipinski definition) is 5. The Hall–Kier alpha value is -2.71. The van der Waals surface area contributed by atoms with Crippen LogP contribution in [0.3, 0.4) is 0 Å². The first kappa shape index (κ1) is 17.1. The van der Waals surface area contributed by atoms with E-state index >= 15 is 0 Å². The van der Waals surface area contributed by atoms with Crippen molar-refractivity contribution in [3.63, 3.8) is 0 Å². The van der Waals surface area contributed by atoms with Gasteiger partial charge in [-0.1, -0.05) is 6.07 Å². The Balaban J connectivity index is 1.56. The fourth-order valence-electron chi connectivity index (χ4n) is 2.10. The molecule has 6 nitrogen and oxygen atoms in total. The molecule has 0 aliphatic heterocycles. The van der Waals surface area contributed by atoms with Gasteiger partial charge < -0.3 is 16.0 Å². The molecule has 0 aliphatic rings. The fraction of sp³-hybridized carbons (Fsp3) is 0.118. The molecule has 3 N–H and O–H groups in total. The molecule has 25 heavy (non-hydrogen) atoms. The van der Waals surface area contributed by atoms with Crippen molar-refractivity contribution >= 4 is 46.0 Å². The second-order valence-corrected chi connectivity index (χ2v) is 6.93. The number of benzene rings is 1. The summed E-state index contributed by atoms with van der Waals surface area (Å²) in [6, 6.07) is 10.6. The molecular weight excluding hydrogens is 356 g/mol. The van der Waals surface area contributed by atoms with E-state index in [1.165, 1.54) is 11.3 Å². The average molecular weight is 372 g/mol. The summed E-state index contributed by atoms with van der Waals surface area (Å²) in [6.45, 7) is 0. The number of urea groups is 1. The number of hydrogen-bond donors (Lipinski definition) is 3. The monoisotopic (exact) mass is 372 g/mol. The van der Waals surface area contributed by atoms with Crippen LogP contribution in [0.2, 0.25) is 0 Å². The summed E-state index contributed by atoms with van der Waals surface area (Å²) in [5.74, 6) is -0.130. The van der Waals surface area contributed by atoms with Gasteiger partial charge in [-0.25, -0.2) is 9.78 Å². The third-order valence-corrected chi connectivity index (χ3v) is 5.21. The lowest BCUT2D eigenvalue weighted by molar-refractivity contribution is -0.115. The number of carbonyl (C=O) groups is 2. The van der Waals surface area contributed by atoms with Gasteiger partial charge in [-0.2, -0.15) is 0 Å². The zero-order valence-corrected chi connectivity index (χ0v) is 15.0. The maximum atomic E-state index is 12.2. The lowest BCUT2D eigenvalue weighted by atomic mass is 10.2. The number of anilines is 2. The molecule has 3 amide bonds. The predicted octanol–water partition coefficient (Wildman–Crippen LogP) is 3.80. The Morgan fingerprint density at radius 2 is 1.76 bits per heavy atom. The molecule has 0 radical (unpaired) electrons. The Labute approximate surface area is 152 Å². The minimum atomic E-state index is -0.290. The summed E-state index contributed by atoms with van der Waals surface area (Å²) < 4.78 is 0. The highest BCUT2D eigenvalue weighted by atomic mass is 32.1. The zero-order valence-electron chi connectivity index (χ0n) is 13.4. The smallest absolute Gasteiger partial charge is 0.318 e. The van der Waals surface area contributed by atoms with Gasteiger partial charge in [0.15, 0.2) is 0 Å². The van der Waals surface area contributed by atoms with Crippen LogP contribution in [0.15, 0.2) is 47.2 Å². The molecule has 2 aromatic heterocycles. The second-order valence-electron chi connectivity index (χ2n) is 5.13. The number of thiophene rings is 1. The largest absolute Gasteiger partial charge is 0.341 e. The number of rotatable bonds is 5. The second kappa shape index (κ2) is 7.91. The number of nitrogens with zero attached hydrogens (tertiary/aromatic N) is 1. The van der Waals surface area contributed by atoms with E-state index in [1.54, 1.807) is 42.6 Å². The lowest BCUT2D eigenvalue weighted by Gasteiger charge is -2.07. The van der Waals surface area contributed by atoms with Crippen molar-refractivity contribution < 1.29 is 9.59 Å². The molecule has 0 saturated carbocycles. The summed E-state index contributed by atoms with van der Waals surface area (Å²) in [4.78, 5) is 29.0. The molecule has 0 spiro atoms. The van der Waals surface area contributed by atoms with E-state index in [1.807, 2.05) is 22.9 Å². The van der Waals surface area contributed by atoms with Gasteiger partial charge in [0.05, 0.1) is 17.0 Å². The Kier molecular flexibility index (Phi) is 5.42. The highest BCUT2D eigenvalue weighted by Crippen LogP contribution is 2.28. The zero-order chi connectivity index (χ0) is 17.6. The number of amides is 3. The Morgan fingerprint density at radius 3 is 2.40 bits per heavy atom. The summed E-state index contributed by atoms with van der Waals surface area (Å²) in [7, 11) is 1.55. The summed E-state index contributed by atoms with van der Waals surface area (Å²) in [5, 5.41) is 12.8. The van der Waals surface area contributed by atoms with Crippen molar-refractivity contribution in [1.29, 1.82) is 0 Å². The van der Waals surface area contributed by atoms with Crippen LogP contribution in [0.5, 0.6) is 0 Å². The quantitative estimate of drug-likeness (QED) is 0.637. The minimum absolute atomic E-state index is 0.130. The molecule has 0 bridgehead atoms. The first-order valence-electron chi connectivity index (χ1n) is 7.51. The van der Waals surface area contributed by atoms with E-state index in [2.05, 4.69) is 20.9 Å². The van der Waals surface area contributed by atoms with Crippen LogP contribution in [-0.2, 0) is 11.2 Å². The molecule has 0 unspecified atom stereocenters. The first-order valence-corrected chi connectivity index (χ1v) is 9.27. The van der Waals surface area contributed by atoms with Crippen molar-refractivity contribution in [2.24, 2.45) is 0 Å². The minimum Gasteiger partial charge on any atom is -0.341 e. The standard InChI is InChI=1S/C17H16N4O2S2/c1-18-17(23)21-12-6-4-11(5-7-12)19-15(22)9-13-10-25-16(20-13)14-3-2-8-24-14/h2-8,10H,9H2,1H3,(H,19,22)(H2,18,21,23). The molecule has 8 heteroatoms. The molecule has 0 atom stereocenters. The van der Waals surface area contributed by atoms with Crippen LogP contribution in [0.4, 0.5) is 16.2 Å². The molecule has 3 aromatic rings. The van der Waals surface area contributed by atoms with E-state index < -0.39 is 0 Å². The highest BCUT2D eigenvalue weighted by molar-refractivity contribution is 7.20. The Morgan fingerprint density at radius 1 is 1.04 bits per heavy atom. The average Bonchev–Trinajstić information content (AvgIpc) is 3.27. The van der Waals surface area contributed by atoms with Crippen LogP contribution in [0.1, 0.15) is 5.69 Å². The van der Waals surface area contributed by atoms with E-state index in [4.69, 9.17) is 0 Å². The van der Waals surface area contributed by atoms with Gasteiger partial charge in [0.2, 0.25) is 5.91 Å². The topological polar surface area (TPSA) is 83.1 Å². The highest BCUT2D eigenvalue weighted by Gasteiger charge is 2.10. The summed E-state index contributed by atoms with van der Waals surface area (Å²) in [6.07, 6.45) is 0.222. The van der Waals surface area contributed by atoms with Crippen LogP contribution in [0, 0.1) is 0 Å². The van der Waals surface area contributed by atoms with E-state index in [-0.39, 0.29) is 18.4 Å².